The van der Waals surface area contributed by atoms with Crippen molar-refractivity contribution in [1.29, 1.82) is 0 Å². The van der Waals surface area contributed by atoms with E-state index < -0.39 is 6.04 Å². The third-order valence-electron chi connectivity index (χ3n) is 5.90. The number of ether oxygens (including phenoxy) is 1. The van der Waals surface area contributed by atoms with E-state index in [9.17, 15) is 4.79 Å². The average molecular weight is 471 g/mol. The number of carbonyl (C=O) groups is 1. The number of allylic oxidation sites excluding steroid dienone is 1. The summed E-state index contributed by atoms with van der Waals surface area (Å²) < 4.78 is 7.18. The molecule has 0 spiro atoms. The van der Waals surface area contributed by atoms with Crippen LogP contribution < -0.4 is 5.32 Å². The first kappa shape index (κ1) is 22.2. The Labute approximate surface area is 203 Å². The number of benzene rings is 3. The summed E-state index contributed by atoms with van der Waals surface area (Å²) >= 11 is 1.58. The van der Waals surface area contributed by atoms with Gasteiger partial charge in [-0.1, -0.05) is 84.1 Å². The molecule has 34 heavy (non-hydrogen) atoms. The molecule has 5 rings (SSSR count). The number of aromatic nitrogens is 3. The number of esters is 1. The highest BCUT2D eigenvalue weighted by atomic mass is 32.2. The van der Waals surface area contributed by atoms with Gasteiger partial charge in [0.25, 0.3) is 0 Å². The quantitative estimate of drug-likeness (QED) is 0.280. The second-order valence-corrected chi connectivity index (χ2v) is 9.27. The molecule has 0 saturated carbocycles. The number of rotatable bonds is 6. The monoisotopic (exact) mass is 470 g/mol. The lowest BCUT2D eigenvalue weighted by atomic mass is 9.95. The first-order valence-electron chi connectivity index (χ1n) is 11.3. The number of hydrogen-bond donors (Lipinski definition) is 1. The number of nitrogens with one attached hydrogen (secondary N) is 1. The zero-order chi connectivity index (χ0) is 23.7. The van der Waals surface area contributed by atoms with Gasteiger partial charge in [-0.05, 0) is 42.7 Å². The van der Waals surface area contributed by atoms with Crippen molar-refractivity contribution in [3.05, 3.63) is 94.7 Å². The summed E-state index contributed by atoms with van der Waals surface area (Å²) in [5.74, 6) is 1.03. The summed E-state index contributed by atoms with van der Waals surface area (Å²) in [4.78, 5) is 17.6. The molecule has 6 nitrogen and oxygen atoms in total. The van der Waals surface area contributed by atoms with Crippen LogP contribution in [0.3, 0.4) is 0 Å². The molecule has 0 radical (unpaired) electrons. The van der Waals surface area contributed by atoms with Crippen LogP contribution in [0.15, 0.2) is 83.2 Å². The first-order chi connectivity index (χ1) is 16.5. The molecule has 0 unspecified atom stereocenters. The van der Waals surface area contributed by atoms with Crippen LogP contribution in [0, 0.1) is 6.92 Å². The Balaban J connectivity index is 1.46. The van der Waals surface area contributed by atoms with Gasteiger partial charge in [-0.3, -0.25) is 0 Å². The van der Waals surface area contributed by atoms with E-state index in [1.807, 2.05) is 51.1 Å². The summed E-state index contributed by atoms with van der Waals surface area (Å²) in [7, 11) is 0. The van der Waals surface area contributed by atoms with Crippen LogP contribution in [0.5, 0.6) is 0 Å². The standard InChI is InChI=1S/C27H26N4O2S/c1-4-33-25(32)23-18(3)28-26-29-27(30-31(26)24(23)21-12-9-17(2)10-13-21)34-16-19-11-14-20-7-5-6-8-22(20)15-19/h5-15,24H,4,16H2,1-3H3,(H,28,29,30)/t24-/m1/s1. The molecule has 4 aromatic rings. The Kier molecular flexibility index (Phi) is 6.11. The van der Waals surface area contributed by atoms with Gasteiger partial charge in [-0.25, -0.2) is 9.48 Å². The largest absolute Gasteiger partial charge is 0.463 e. The van der Waals surface area contributed by atoms with Crippen molar-refractivity contribution in [3.8, 4) is 0 Å². The van der Waals surface area contributed by atoms with E-state index in [-0.39, 0.29) is 5.97 Å². The van der Waals surface area contributed by atoms with Crippen molar-refractivity contribution >= 4 is 34.5 Å². The van der Waals surface area contributed by atoms with E-state index in [0.717, 1.165) is 22.6 Å². The number of anilines is 1. The summed E-state index contributed by atoms with van der Waals surface area (Å²) in [6.07, 6.45) is 0. The normalized spacial score (nSPS) is 15.2. The van der Waals surface area contributed by atoms with E-state index in [2.05, 4.69) is 41.7 Å². The maximum Gasteiger partial charge on any atom is 0.338 e. The molecular formula is C27H26N4O2S. The predicted octanol–water partition coefficient (Wildman–Crippen LogP) is 5.88. The number of nitrogens with zero attached hydrogens (tertiary/aromatic N) is 3. The summed E-state index contributed by atoms with van der Waals surface area (Å²) in [6, 6.07) is 22.6. The fourth-order valence-corrected chi connectivity index (χ4v) is 4.97. The molecular weight excluding hydrogens is 444 g/mol. The van der Waals surface area contributed by atoms with E-state index in [1.54, 1.807) is 16.4 Å². The molecule has 0 saturated heterocycles. The molecule has 0 amide bonds. The second kappa shape index (κ2) is 9.35. The van der Waals surface area contributed by atoms with Gasteiger partial charge >= 0.3 is 5.97 Å². The van der Waals surface area contributed by atoms with Gasteiger partial charge in [0.1, 0.15) is 6.04 Å². The van der Waals surface area contributed by atoms with Crippen LogP contribution >= 0.6 is 11.8 Å². The number of fused-ring (bicyclic) bond motifs is 2. The summed E-state index contributed by atoms with van der Waals surface area (Å²) in [5.41, 5.74) is 4.61. The zero-order valence-electron chi connectivity index (χ0n) is 19.4. The molecule has 0 bridgehead atoms. The van der Waals surface area contributed by atoms with E-state index in [4.69, 9.17) is 14.8 Å². The maximum atomic E-state index is 12.9. The number of thioether (sulfide) groups is 1. The number of hydrogen-bond acceptors (Lipinski definition) is 6. The lowest BCUT2D eigenvalue weighted by Gasteiger charge is -2.28. The topological polar surface area (TPSA) is 69.0 Å². The van der Waals surface area contributed by atoms with E-state index >= 15 is 0 Å². The highest BCUT2D eigenvalue weighted by Gasteiger charge is 2.35. The van der Waals surface area contributed by atoms with Gasteiger partial charge in [-0.2, -0.15) is 4.98 Å². The van der Waals surface area contributed by atoms with Crippen LogP contribution in [-0.2, 0) is 15.3 Å². The SMILES string of the molecule is CCOC(=O)C1=C(C)Nc2nc(SCc3ccc4ccccc4c3)nn2[C@@H]1c1ccc(C)cc1. The summed E-state index contributed by atoms with van der Waals surface area (Å²) in [5, 5.41) is 11.2. The van der Waals surface area contributed by atoms with Gasteiger partial charge in [0.2, 0.25) is 11.1 Å². The molecule has 1 aliphatic rings. The van der Waals surface area contributed by atoms with Crippen molar-refractivity contribution in [1.82, 2.24) is 14.8 Å². The third kappa shape index (κ3) is 4.31. The minimum Gasteiger partial charge on any atom is -0.463 e. The van der Waals surface area contributed by atoms with Crippen molar-refractivity contribution in [2.45, 2.75) is 37.7 Å². The van der Waals surface area contributed by atoms with E-state index in [0.29, 0.717) is 23.3 Å². The van der Waals surface area contributed by atoms with Gasteiger partial charge in [-0.15, -0.1) is 5.10 Å². The Morgan fingerprint density at radius 1 is 1.06 bits per heavy atom. The average Bonchev–Trinajstić information content (AvgIpc) is 3.25. The Bertz CT molecular complexity index is 1390. The third-order valence-corrected chi connectivity index (χ3v) is 6.81. The smallest absolute Gasteiger partial charge is 0.338 e. The van der Waals surface area contributed by atoms with Gasteiger partial charge in [0.15, 0.2) is 0 Å². The minimum absolute atomic E-state index is 0.313. The number of aryl methyl sites for hydroxylation is 1. The van der Waals surface area contributed by atoms with Crippen molar-refractivity contribution in [3.63, 3.8) is 0 Å². The molecule has 1 aromatic heterocycles. The van der Waals surface area contributed by atoms with Crippen LogP contribution in [0.1, 0.15) is 36.6 Å². The molecule has 0 aliphatic carbocycles. The fourth-order valence-electron chi connectivity index (χ4n) is 4.20. The highest BCUT2D eigenvalue weighted by Crippen LogP contribution is 2.37. The van der Waals surface area contributed by atoms with Crippen LogP contribution in [0.4, 0.5) is 5.95 Å². The first-order valence-corrected chi connectivity index (χ1v) is 12.3. The van der Waals surface area contributed by atoms with Crippen molar-refractivity contribution in [2.75, 3.05) is 11.9 Å². The highest BCUT2D eigenvalue weighted by molar-refractivity contribution is 7.98. The molecule has 1 N–H and O–H groups in total. The van der Waals surface area contributed by atoms with Crippen molar-refractivity contribution < 1.29 is 9.53 Å². The Morgan fingerprint density at radius 3 is 2.59 bits per heavy atom. The van der Waals surface area contributed by atoms with E-state index in [1.165, 1.54) is 16.3 Å². The fraction of sp³-hybridized carbons (Fsp3) is 0.222. The minimum atomic E-state index is -0.404. The second-order valence-electron chi connectivity index (χ2n) is 8.33. The van der Waals surface area contributed by atoms with Crippen LogP contribution in [0.2, 0.25) is 0 Å². The Morgan fingerprint density at radius 2 is 1.82 bits per heavy atom. The number of carbonyl (C=O) groups excluding carboxylic acids is 1. The molecule has 7 heteroatoms. The molecule has 1 aliphatic heterocycles. The van der Waals surface area contributed by atoms with Crippen molar-refractivity contribution in [2.24, 2.45) is 0 Å². The molecule has 1 atom stereocenters. The van der Waals surface area contributed by atoms with Crippen LogP contribution in [0.25, 0.3) is 10.8 Å². The molecule has 2 heterocycles. The molecule has 172 valence electrons. The van der Waals surface area contributed by atoms with Crippen LogP contribution in [-0.4, -0.2) is 27.3 Å². The van der Waals surface area contributed by atoms with Gasteiger partial charge in [0, 0.05) is 11.4 Å². The summed E-state index contributed by atoms with van der Waals surface area (Å²) in [6.45, 7) is 6.05. The van der Waals surface area contributed by atoms with Gasteiger partial charge < -0.3 is 10.1 Å². The van der Waals surface area contributed by atoms with Gasteiger partial charge in [0.05, 0.1) is 12.2 Å². The molecule has 0 fully saturated rings. The lowest BCUT2D eigenvalue weighted by molar-refractivity contribution is -0.139. The maximum absolute atomic E-state index is 12.9. The zero-order valence-corrected chi connectivity index (χ0v) is 20.2. The molecule has 3 aromatic carbocycles. The lowest BCUT2D eigenvalue weighted by Crippen LogP contribution is -2.29. The Hall–Kier alpha value is -3.58. The predicted molar refractivity (Wildman–Crippen MR) is 136 cm³/mol.